The van der Waals surface area contributed by atoms with Crippen molar-refractivity contribution in [2.75, 3.05) is 34.0 Å². The van der Waals surface area contributed by atoms with E-state index in [2.05, 4.69) is 17.4 Å². The highest BCUT2D eigenvalue weighted by molar-refractivity contribution is 5.29. The van der Waals surface area contributed by atoms with Gasteiger partial charge in [-0.1, -0.05) is 12.1 Å². The largest absolute Gasteiger partial charge is 0.497 e. The van der Waals surface area contributed by atoms with Crippen LogP contribution in [0.1, 0.15) is 24.4 Å². The first-order valence-corrected chi connectivity index (χ1v) is 6.84. The number of methoxy groups -OCH3 is 1. The summed E-state index contributed by atoms with van der Waals surface area (Å²) in [6.07, 6.45) is 2.56. The van der Waals surface area contributed by atoms with E-state index in [0.717, 1.165) is 25.2 Å². The minimum atomic E-state index is 0.201. The van der Waals surface area contributed by atoms with Crippen molar-refractivity contribution < 1.29 is 14.2 Å². The van der Waals surface area contributed by atoms with Crippen LogP contribution in [0.3, 0.4) is 0 Å². The quantitative estimate of drug-likeness (QED) is 0.820. The van der Waals surface area contributed by atoms with E-state index < -0.39 is 0 Å². The Balaban J connectivity index is 1.80. The van der Waals surface area contributed by atoms with Gasteiger partial charge in [-0.15, -0.1) is 0 Å². The summed E-state index contributed by atoms with van der Waals surface area (Å²) in [6.45, 7) is 2.22. The maximum atomic E-state index is 5.76. The summed E-state index contributed by atoms with van der Waals surface area (Å²) in [4.78, 5) is 0. The molecule has 19 heavy (non-hydrogen) atoms. The van der Waals surface area contributed by atoms with E-state index in [4.69, 9.17) is 14.2 Å². The van der Waals surface area contributed by atoms with Gasteiger partial charge in [-0.05, 0) is 37.6 Å². The fraction of sp³-hybridized carbons (Fsp3) is 0.600. The predicted molar refractivity (Wildman–Crippen MR) is 74.6 cm³/mol. The molecule has 2 rings (SSSR count). The van der Waals surface area contributed by atoms with Gasteiger partial charge in [-0.3, -0.25) is 0 Å². The zero-order chi connectivity index (χ0) is 13.5. The molecule has 0 aromatic heterocycles. The summed E-state index contributed by atoms with van der Waals surface area (Å²) in [5.74, 6) is 0.874. The van der Waals surface area contributed by atoms with Crippen LogP contribution in [0.4, 0.5) is 0 Å². The van der Waals surface area contributed by atoms with Crippen molar-refractivity contribution in [1.29, 1.82) is 0 Å². The third-order valence-corrected chi connectivity index (χ3v) is 3.48. The van der Waals surface area contributed by atoms with Gasteiger partial charge in [-0.2, -0.15) is 0 Å². The molecule has 1 aromatic rings. The maximum Gasteiger partial charge on any atom is 0.118 e. The zero-order valence-corrected chi connectivity index (χ0v) is 11.7. The molecule has 0 aliphatic carbocycles. The predicted octanol–water partition coefficient (Wildman–Crippen LogP) is 2.15. The van der Waals surface area contributed by atoms with Gasteiger partial charge < -0.3 is 19.5 Å². The van der Waals surface area contributed by atoms with Crippen molar-refractivity contribution in [3.8, 4) is 5.75 Å². The summed E-state index contributed by atoms with van der Waals surface area (Å²) in [5, 5.41) is 3.27. The van der Waals surface area contributed by atoms with E-state index in [1.54, 1.807) is 7.11 Å². The molecule has 4 nitrogen and oxygen atoms in total. The molecule has 1 fully saturated rings. The smallest absolute Gasteiger partial charge is 0.118 e. The second kappa shape index (κ2) is 7.48. The molecular formula is C15H23NO3. The molecular weight excluding hydrogens is 242 g/mol. The molecule has 2 atom stereocenters. The molecule has 2 unspecified atom stereocenters. The summed E-state index contributed by atoms with van der Waals surface area (Å²) >= 11 is 0. The standard InChI is InChI=1S/C15H23NO3/c1-16-15(11-18-10-14-4-3-9-19-14)12-5-7-13(17-2)8-6-12/h5-8,14-16H,3-4,9-11H2,1-2H3. The first-order valence-electron chi connectivity index (χ1n) is 6.84. The van der Waals surface area contributed by atoms with E-state index in [1.807, 2.05) is 19.2 Å². The van der Waals surface area contributed by atoms with Gasteiger partial charge in [0.05, 0.1) is 32.5 Å². The highest BCUT2D eigenvalue weighted by Crippen LogP contribution is 2.18. The second-order valence-electron chi connectivity index (χ2n) is 4.79. The van der Waals surface area contributed by atoms with Crippen LogP contribution >= 0.6 is 0 Å². The zero-order valence-electron chi connectivity index (χ0n) is 11.7. The van der Waals surface area contributed by atoms with E-state index in [-0.39, 0.29) is 12.1 Å². The van der Waals surface area contributed by atoms with Gasteiger partial charge in [-0.25, -0.2) is 0 Å². The molecule has 1 heterocycles. The van der Waals surface area contributed by atoms with Gasteiger partial charge in [0.1, 0.15) is 5.75 Å². The fourth-order valence-electron chi connectivity index (χ4n) is 2.28. The first kappa shape index (κ1) is 14.3. The van der Waals surface area contributed by atoms with Gasteiger partial charge in [0, 0.05) is 6.61 Å². The maximum absolute atomic E-state index is 5.76. The molecule has 1 aliphatic heterocycles. The topological polar surface area (TPSA) is 39.7 Å². The van der Waals surface area contributed by atoms with Crippen LogP contribution in [-0.2, 0) is 9.47 Å². The molecule has 0 amide bonds. The minimum Gasteiger partial charge on any atom is -0.497 e. The number of ether oxygens (including phenoxy) is 3. The van der Waals surface area contributed by atoms with Crippen molar-refractivity contribution in [2.24, 2.45) is 0 Å². The van der Waals surface area contributed by atoms with E-state index in [0.29, 0.717) is 13.2 Å². The molecule has 1 aromatic carbocycles. The van der Waals surface area contributed by atoms with Crippen LogP contribution < -0.4 is 10.1 Å². The number of rotatable bonds is 7. The summed E-state index contributed by atoms with van der Waals surface area (Å²) in [6, 6.07) is 8.27. The molecule has 0 bridgehead atoms. The van der Waals surface area contributed by atoms with Crippen molar-refractivity contribution in [1.82, 2.24) is 5.32 Å². The van der Waals surface area contributed by atoms with Crippen LogP contribution in [0.25, 0.3) is 0 Å². The van der Waals surface area contributed by atoms with Crippen molar-refractivity contribution in [2.45, 2.75) is 25.0 Å². The third-order valence-electron chi connectivity index (χ3n) is 3.48. The Hall–Kier alpha value is -1.10. The number of nitrogens with one attached hydrogen (secondary N) is 1. The summed E-state index contributed by atoms with van der Waals surface area (Å²) < 4.78 is 16.5. The monoisotopic (exact) mass is 265 g/mol. The number of hydrogen-bond acceptors (Lipinski definition) is 4. The number of benzene rings is 1. The van der Waals surface area contributed by atoms with E-state index in [1.165, 1.54) is 5.56 Å². The van der Waals surface area contributed by atoms with Crippen LogP contribution in [-0.4, -0.2) is 40.1 Å². The minimum absolute atomic E-state index is 0.201. The molecule has 4 heteroatoms. The van der Waals surface area contributed by atoms with Crippen LogP contribution in [0.15, 0.2) is 24.3 Å². The molecule has 0 spiro atoms. The fourth-order valence-corrected chi connectivity index (χ4v) is 2.28. The lowest BCUT2D eigenvalue weighted by Gasteiger charge is -2.18. The second-order valence-corrected chi connectivity index (χ2v) is 4.79. The number of likely N-dealkylation sites (N-methyl/N-ethyl adjacent to an activating group) is 1. The van der Waals surface area contributed by atoms with Gasteiger partial charge in [0.2, 0.25) is 0 Å². The lowest BCUT2D eigenvalue weighted by molar-refractivity contribution is 0.0105. The van der Waals surface area contributed by atoms with Crippen LogP contribution in [0.2, 0.25) is 0 Å². The Morgan fingerprint density at radius 3 is 2.74 bits per heavy atom. The Labute approximate surface area is 115 Å². The molecule has 106 valence electrons. The normalized spacial score (nSPS) is 20.4. The number of hydrogen-bond donors (Lipinski definition) is 1. The van der Waals surface area contributed by atoms with Gasteiger partial charge in [0.15, 0.2) is 0 Å². The average molecular weight is 265 g/mol. The van der Waals surface area contributed by atoms with Crippen molar-refractivity contribution in [3.63, 3.8) is 0 Å². The first-order chi connectivity index (χ1) is 9.33. The molecule has 0 saturated carbocycles. The van der Waals surface area contributed by atoms with Crippen molar-refractivity contribution >= 4 is 0 Å². The Kier molecular flexibility index (Phi) is 5.63. The Bertz CT molecular complexity index is 360. The lowest BCUT2D eigenvalue weighted by Crippen LogP contribution is -2.24. The summed E-state index contributed by atoms with van der Waals surface area (Å²) in [5.41, 5.74) is 1.20. The highest BCUT2D eigenvalue weighted by Gasteiger charge is 2.16. The van der Waals surface area contributed by atoms with Gasteiger partial charge in [0.25, 0.3) is 0 Å². The SMILES string of the molecule is CNC(COCC1CCCO1)c1ccc(OC)cc1. The van der Waals surface area contributed by atoms with Crippen molar-refractivity contribution in [3.05, 3.63) is 29.8 Å². The van der Waals surface area contributed by atoms with Crippen LogP contribution in [0.5, 0.6) is 5.75 Å². The Morgan fingerprint density at radius 2 is 2.16 bits per heavy atom. The highest BCUT2D eigenvalue weighted by atomic mass is 16.5. The molecule has 1 saturated heterocycles. The lowest BCUT2D eigenvalue weighted by atomic mass is 10.1. The molecule has 1 N–H and O–H groups in total. The molecule has 1 aliphatic rings. The van der Waals surface area contributed by atoms with Gasteiger partial charge >= 0.3 is 0 Å². The van der Waals surface area contributed by atoms with E-state index >= 15 is 0 Å². The summed E-state index contributed by atoms with van der Waals surface area (Å²) in [7, 11) is 3.62. The van der Waals surface area contributed by atoms with Crippen LogP contribution in [0, 0.1) is 0 Å². The average Bonchev–Trinajstić information content (AvgIpc) is 2.97. The Morgan fingerprint density at radius 1 is 1.37 bits per heavy atom. The third kappa shape index (κ3) is 4.20. The molecule has 0 radical (unpaired) electrons. The van der Waals surface area contributed by atoms with E-state index in [9.17, 15) is 0 Å².